The number of ether oxygens (including phenoxy) is 1. The van der Waals surface area contributed by atoms with Crippen molar-refractivity contribution in [3.63, 3.8) is 0 Å². The van der Waals surface area contributed by atoms with E-state index in [1.165, 1.54) is 56.4 Å². The third-order valence-electron chi connectivity index (χ3n) is 4.80. The highest BCUT2D eigenvalue weighted by Gasteiger charge is 2.16. The molecule has 1 fully saturated rings. The minimum absolute atomic E-state index is 0.515. The molecule has 0 amide bonds. The van der Waals surface area contributed by atoms with Crippen molar-refractivity contribution in [2.45, 2.75) is 65.2 Å². The van der Waals surface area contributed by atoms with Gasteiger partial charge in [0.25, 0.3) is 0 Å². The Morgan fingerprint density at radius 2 is 1.55 bits per heavy atom. The van der Waals surface area contributed by atoms with Gasteiger partial charge in [0, 0.05) is 6.42 Å². The summed E-state index contributed by atoms with van der Waals surface area (Å²) in [5.41, 5.74) is 2.72. The lowest BCUT2D eigenvalue weighted by Gasteiger charge is -2.24. The van der Waals surface area contributed by atoms with Crippen LogP contribution in [0.1, 0.15) is 76.3 Å². The third-order valence-corrected chi connectivity index (χ3v) is 4.80. The number of hydrogen-bond donors (Lipinski definition) is 1. The summed E-state index contributed by atoms with van der Waals surface area (Å²) in [6.45, 7) is 13.9. The van der Waals surface area contributed by atoms with Gasteiger partial charge in [0.15, 0.2) is 0 Å². The monoisotopic (exact) mass is 304 g/mol. The molecule has 1 aliphatic heterocycles. The minimum atomic E-state index is 0.515. The molecule has 2 nitrogen and oxygen atoms in total. The summed E-state index contributed by atoms with van der Waals surface area (Å²) >= 11 is 0. The molecule has 0 unspecified atom stereocenters. The van der Waals surface area contributed by atoms with Crippen molar-refractivity contribution in [2.75, 3.05) is 26.2 Å². The number of para-hydroxylation sites is 1. The van der Waals surface area contributed by atoms with Gasteiger partial charge in [0.1, 0.15) is 5.75 Å². The van der Waals surface area contributed by atoms with Crippen LogP contribution in [-0.4, -0.2) is 26.2 Å². The molecule has 0 aliphatic carbocycles. The predicted molar refractivity (Wildman–Crippen MR) is 94.1 cm³/mol. The predicted octanol–water partition coefficient (Wildman–Crippen LogP) is 3.77. The highest BCUT2D eigenvalue weighted by atomic mass is 16.5. The first-order chi connectivity index (χ1) is 10.6. The van der Waals surface area contributed by atoms with Gasteiger partial charge < -0.3 is 9.64 Å². The number of nitrogens with one attached hydrogen (secondary N) is 1. The maximum Gasteiger partial charge on any atom is 0.126 e. The number of likely N-dealkylation sites (tertiary alicyclic amines) is 1. The first kappa shape index (κ1) is 17.3. The second-order valence-corrected chi connectivity index (χ2v) is 7.34. The number of benzene rings is 1. The first-order valence-electron chi connectivity index (χ1n) is 9.18. The molecule has 2 heteroatoms. The van der Waals surface area contributed by atoms with Gasteiger partial charge in [-0.15, -0.1) is 0 Å². The van der Waals surface area contributed by atoms with E-state index in [2.05, 4.69) is 45.9 Å². The summed E-state index contributed by atoms with van der Waals surface area (Å²) < 4.78 is 6.27. The zero-order valence-electron chi connectivity index (χ0n) is 15.0. The standard InChI is InChI=1S/C20H33NO/c1-16(2)18-10-8-11-19(17(3)4)20(18)22-15-9-14-21-12-6-5-7-13-21/h8,10-11,16-17H,5-7,9,12-15H2,1-4H3/p+1. The van der Waals surface area contributed by atoms with Gasteiger partial charge in [-0.05, 0) is 42.2 Å². The Morgan fingerprint density at radius 3 is 2.09 bits per heavy atom. The smallest absolute Gasteiger partial charge is 0.126 e. The molecule has 124 valence electrons. The van der Waals surface area contributed by atoms with Crippen molar-refractivity contribution in [3.8, 4) is 5.75 Å². The van der Waals surface area contributed by atoms with Crippen LogP contribution in [0.4, 0.5) is 0 Å². The van der Waals surface area contributed by atoms with Gasteiger partial charge in [-0.2, -0.15) is 0 Å². The van der Waals surface area contributed by atoms with Crippen LogP contribution in [-0.2, 0) is 0 Å². The number of quaternary nitrogens is 1. The lowest BCUT2D eigenvalue weighted by atomic mass is 9.94. The Kier molecular flexibility index (Phi) is 6.75. The van der Waals surface area contributed by atoms with Crippen LogP contribution >= 0.6 is 0 Å². The Morgan fingerprint density at radius 1 is 0.955 bits per heavy atom. The molecule has 22 heavy (non-hydrogen) atoms. The lowest BCUT2D eigenvalue weighted by Crippen LogP contribution is -3.12. The van der Waals surface area contributed by atoms with E-state index in [4.69, 9.17) is 4.74 Å². The fourth-order valence-corrected chi connectivity index (χ4v) is 3.45. The highest BCUT2D eigenvalue weighted by molar-refractivity contribution is 5.44. The van der Waals surface area contributed by atoms with E-state index in [0.29, 0.717) is 11.8 Å². The van der Waals surface area contributed by atoms with Gasteiger partial charge in [-0.25, -0.2) is 0 Å². The Bertz CT molecular complexity index is 421. The Labute approximate surface area is 136 Å². The SMILES string of the molecule is CC(C)c1cccc(C(C)C)c1OCCC[NH+]1CCCCC1. The van der Waals surface area contributed by atoms with Crippen molar-refractivity contribution in [1.82, 2.24) is 0 Å². The van der Waals surface area contributed by atoms with E-state index in [1.54, 1.807) is 4.90 Å². The molecule has 1 aliphatic rings. The molecule has 1 aromatic carbocycles. The third kappa shape index (κ3) is 4.74. The average molecular weight is 304 g/mol. The van der Waals surface area contributed by atoms with Crippen LogP contribution in [0.15, 0.2) is 18.2 Å². The van der Waals surface area contributed by atoms with Crippen LogP contribution in [0.25, 0.3) is 0 Å². The normalized spacial score (nSPS) is 16.5. The second-order valence-electron chi connectivity index (χ2n) is 7.34. The average Bonchev–Trinajstić information content (AvgIpc) is 2.52. The topological polar surface area (TPSA) is 13.7 Å². The molecule has 0 aromatic heterocycles. The molecular weight excluding hydrogens is 270 g/mol. The molecular formula is C20H34NO+. The minimum Gasteiger partial charge on any atom is -0.493 e. The van der Waals surface area contributed by atoms with E-state index in [-0.39, 0.29) is 0 Å². The Hall–Kier alpha value is -1.02. The van der Waals surface area contributed by atoms with Gasteiger partial charge in [0.05, 0.1) is 26.2 Å². The lowest BCUT2D eigenvalue weighted by molar-refractivity contribution is -0.905. The van der Waals surface area contributed by atoms with E-state index >= 15 is 0 Å². The summed E-state index contributed by atoms with van der Waals surface area (Å²) in [4.78, 5) is 1.77. The molecule has 1 saturated heterocycles. The largest absolute Gasteiger partial charge is 0.493 e. The molecule has 1 heterocycles. The molecule has 0 spiro atoms. The van der Waals surface area contributed by atoms with Gasteiger partial charge >= 0.3 is 0 Å². The molecule has 1 aromatic rings. The summed E-state index contributed by atoms with van der Waals surface area (Å²) in [6, 6.07) is 6.62. The van der Waals surface area contributed by atoms with Crippen molar-refractivity contribution < 1.29 is 9.64 Å². The maximum atomic E-state index is 6.27. The van der Waals surface area contributed by atoms with Crippen LogP contribution < -0.4 is 9.64 Å². The molecule has 1 N–H and O–H groups in total. The van der Waals surface area contributed by atoms with Gasteiger partial charge in [-0.3, -0.25) is 0 Å². The van der Waals surface area contributed by atoms with E-state index in [9.17, 15) is 0 Å². The fraction of sp³-hybridized carbons (Fsp3) is 0.700. The maximum absolute atomic E-state index is 6.27. The molecule has 2 rings (SSSR count). The van der Waals surface area contributed by atoms with Crippen LogP contribution in [0.2, 0.25) is 0 Å². The van der Waals surface area contributed by atoms with Crippen molar-refractivity contribution >= 4 is 0 Å². The number of hydrogen-bond acceptors (Lipinski definition) is 1. The molecule has 0 bridgehead atoms. The summed E-state index contributed by atoms with van der Waals surface area (Å²) in [6.07, 6.45) is 5.41. The van der Waals surface area contributed by atoms with E-state index in [1.807, 2.05) is 0 Å². The van der Waals surface area contributed by atoms with Gasteiger partial charge in [-0.1, -0.05) is 45.9 Å². The van der Waals surface area contributed by atoms with Crippen LogP contribution in [0.5, 0.6) is 5.75 Å². The zero-order valence-corrected chi connectivity index (χ0v) is 15.0. The summed E-state index contributed by atoms with van der Waals surface area (Å²) in [5, 5.41) is 0. The van der Waals surface area contributed by atoms with Crippen molar-refractivity contribution in [1.29, 1.82) is 0 Å². The number of piperidine rings is 1. The number of rotatable bonds is 7. The van der Waals surface area contributed by atoms with E-state index < -0.39 is 0 Å². The second kappa shape index (κ2) is 8.57. The molecule has 0 atom stereocenters. The highest BCUT2D eigenvalue weighted by Crippen LogP contribution is 2.34. The zero-order chi connectivity index (χ0) is 15.9. The quantitative estimate of drug-likeness (QED) is 0.757. The van der Waals surface area contributed by atoms with Crippen molar-refractivity contribution in [3.05, 3.63) is 29.3 Å². The summed E-state index contributed by atoms with van der Waals surface area (Å²) in [7, 11) is 0. The molecule has 0 radical (unpaired) electrons. The molecule has 0 saturated carbocycles. The fourth-order valence-electron chi connectivity index (χ4n) is 3.45. The summed E-state index contributed by atoms with van der Waals surface area (Å²) in [5.74, 6) is 2.18. The van der Waals surface area contributed by atoms with Gasteiger partial charge in [0.2, 0.25) is 0 Å². The van der Waals surface area contributed by atoms with E-state index in [0.717, 1.165) is 12.4 Å². The Balaban J connectivity index is 1.92. The van der Waals surface area contributed by atoms with Crippen molar-refractivity contribution in [2.24, 2.45) is 0 Å². The first-order valence-corrected chi connectivity index (χ1v) is 9.18. The van der Waals surface area contributed by atoms with Crippen LogP contribution in [0, 0.1) is 0 Å². The van der Waals surface area contributed by atoms with Crippen LogP contribution in [0.3, 0.4) is 0 Å².